The molecular weight excluding hydrogens is 335 g/mol. The summed E-state index contributed by atoms with van der Waals surface area (Å²) in [6.45, 7) is 6.82. The van der Waals surface area contributed by atoms with E-state index in [9.17, 15) is 9.18 Å². The molecule has 1 saturated heterocycles. The summed E-state index contributed by atoms with van der Waals surface area (Å²) in [4.78, 5) is 24.5. The molecule has 1 aliphatic heterocycles. The summed E-state index contributed by atoms with van der Waals surface area (Å²) < 4.78 is 19.3. The largest absolute Gasteiger partial charge is 0.449 e. The van der Waals surface area contributed by atoms with Crippen molar-refractivity contribution in [2.24, 2.45) is 5.92 Å². The summed E-state index contributed by atoms with van der Waals surface area (Å²) in [6, 6.07) is 6.51. The molecule has 138 valence electrons. The molecule has 6 nitrogen and oxygen atoms in total. The number of aromatic nitrogens is 2. The lowest BCUT2D eigenvalue weighted by molar-refractivity contribution is 0.0901. The van der Waals surface area contributed by atoms with Crippen LogP contribution in [0.15, 0.2) is 36.7 Å². The Morgan fingerprint density at radius 1 is 1.19 bits per heavy atom. The first-order valence-electron chi connectivity index (χ1n) is 8.78. The molecule has 1 fully saturated rings. The van der Waals surface area contributed by atoms with E-state index < -0.39 is 0 Å². The van der Waals surface area contributed by atoms with Crippen molar-refractivity contribution in [1.82, 2.24) is 14.9 Å². The normalized spacial score (nSPS) is 14.6. The lowest BCUT2D eigenvalue weighted by Crippen LogP contribution is -2.49. The molecule has 0 atom stereocenters. The maximum absolute atomic E-state index is 14.0. The fraction of sp³-hybridized carbons (Fsp3) is 0.421. The zero-order valence-electron chi connectivity index (χ0n) is 15.1. The van der Waals surface area contributed by atoms with Gasteiger partial charge >= 0.3 is 6.09 Å². The van der Waals surface area contributed by atoms with Gasteiger partial charge in [0.05, 0.1) is 24.7 Å². The Morgan fingerprint density at radius 2 is 1.92 bits per heavy atom. The molecule has 0 spiro atoms. The van der Waals surface area contributed by atoms with Crippen LogP contribution in [0.5, 0.6) is 0 Å². The first-order chi connectivity index (χ1) is 12.5. The maximum Gasteiger partial charge on any atom is 0.409 e. The van der Waals surface area contributed by atoms with E-state index in [1.54, 1.807) is 35.5 Å². The third kappa shape index (κ3) is 4.28. The second kappa shape index (κ2) is 8.12. The van der Waals surface area contributed by atoms with Crippen LogP contribution in [0.3, 0.4) is 0 Å². The highest BCUT2D eigenvalue weighted by Crippen LogP contribution is 2.22. The summed E-state index contributed by atoms with van der Waals surface area (Å²) in [7, 11) is 0. The fourth-order valence-electron chi connectivity index (χ4n) is 2.75. The van der Waals surface area contributed by atoms with Gasteiger partial charge < -0.3 is 14.5 Å². The number of rotatable bonds is 4. The highest BCUT2D eigenvalue weighted by Gasteiger charge is 2.23. The van der Waals surface area contributed by atoms with Crippen LogP contribution in [0.1, 0.15) is 13.8 Å². The average molecular weight is 358 g/mol. The second-order valence-electron chi connectivity index (χ2n) is 6.69. The van der Waals surface area contributed by atoms with Crippen molar-refractivity contribution in [3.8, 4) is 11.3 Å². The standard InChI is InChI=1S/C19H23FN4O2/c1-14(2)13-26-19(25)24-9-7-23(8-10-24)18-12-21-11-17(22-18)15-5-3-4-6-16(15)20/h3-6,11-12,14H,7-10,13H2,1-2H3. The molecule has 2 aromatic rings. The summed E-state index contributed by atoms with van der Waals surface area (Å²) in [5, 5.41) is 0. The predicted octanol–water partition coefficient (Wildman–Crippen LogP) is 3.20. The van der Waals surface area contributed by atoms with Gasteiger partial charge in [-0.2, -0.15) is 0 Å². The molecule has 0 saturated carbocycles. The van der Waals surface area contributed by atoms with Crippen LogP contribution in [0, 0.1) is 11.7 Å². The molecule has 1 amide bonds. The van der Waals surface area contributed by atoms with Crippen molar-refractivity contribution in [3.05, 3.63) is 42.5 Å². The van der Waals surface area contributed by atoms with Gasteiger partial charge in [0, 0.05) is 31.7 Å². The summed E-state index contributed by atoms with van der Waals surface area (Å²) in [6.07, 6.45) is 2.95. The number of hydrogen-bond acceptors (Lipinski definition) is 5. The lowest BCUT2D eigenvalue weighted by Gasteiger charge is -2.34. The molecule has 0 radical (unpaired) electrons. The number of anilines is 1. The van der Waals surface area contributed by atoms with Crippen LogP contribution < -0.4 is 4.90 Å². The number of ether oxygens (including phenoxy) is 1. The molecular formula is C19H23FN4O2. The third-order valence-electron chi connectivity index (χ3n) is 4.17. The number of nitrogens with zero attached hydrogens (tertiary/aromatic N) is 4. The van der Waals surface area contributed by atoms with Gasteiger partial charge in [-0.1, -0.05) is 26.0 Å². The summed E-state index contributed by atoms with van der Waals surface area (Å²) >= 11 is 0. The Balaban J connectivity index is 1.64. The van der Waals surface area contributed by atoms with Gasteiger partial charge in [-0.3, -0.25) is 4.98 Å². The van der Waals surface area contributed by atoms with E-state index >= 15 is 0 Å². The van der Waals surface area contributed by atoms with E-state index in [0.29, 0.717) is 55.8 Å². The molecule has 7 heteroatoms. The Kier molecular flexibility index (Phi) is 5.65. The molecule has 0 N–H and O–H groups in total. The monoisotopic (exact) mass is 358 g/mol. The Hall–Kier alpha value is -2.70. The van der Waals surface area contributed by atoms with Gasteiger partial charge in [-0.25, -0.2) is 14.2 Å². The van der Waals surface area contributed by atoms with Crippen molar-refractivity contribution < 1.29 is 13.9 Å². The highest BCUT2D eigenvalue weighted by atomic mass is 19.1. The molecule has 0 bridgehead atoms. The molecule has 1 aromatic carbocycles. The molecule has 2 heterocycles. The molecule has 3 rings (SSSR count). The number of carbonyl (C=O) groups excluding carboxylic acids is 1. The van der Waals surface area contributed by atoms with Crippen LogP contribution in [0.25, 0.3) is 11.3 Å². The first kappa shape index (κ1) is 18.1. The first-order valence-corrected chi connectivity index (χ1v) is 8.78. The number of hydrogen-bond donors (Lipinski definition) is 0. The van der Waals surface area contributed by atoms with Crippen molar-refractivity contribution >= 4 is 11.9 Å². The molecule has 0 aliphatic carbocycles. The van der Waals surface area contributed by atoms with E-state index in [2.05, 4.69) is 9.97 Å². The number of benzene rings is 1. The van der Waals surface area contributed by atoms with Crippen molar-refractivity contribution in [2.45, 2.75) is 13.8 Å². The number of halogens is 1. The Labute approximate surface area is 152 Å². The minimum atomic E-state index is -0.323. The lowest BCUT2D eigenvalue weighted by atomic mass is 10.1. The average Bonchev–Trinajstić information content (AvgIpc) is 2.66. The maximum atomic E-state index is 14.0. The van der Waals surface area contributed by atoms with Crippen LogP contribution in [0.2, 0.25) is 0 Å². The SMILES string of the molecule is CC(C)COC(=O)N1CCN(c2cncc(-c3ccccc3F)n2)CC1. The quantitative estimate of drug-likeness (QED) is 0.840. The highest BCUT2D eigenvalue weighted by molar-refractivity contribution is 5.68. The molecule has 26 heavy (non-hydrogen) atoms. The molecule has 0 unspecified atom stereocenters. The summed E-state index contributed by atoms with van der Waals surface area (Å²) in [5.41, 5.74) is 0.928. The van der Waals surface area contributed by atoms with Crippen molar-refractivity contribution in [3.63, 3.8) is 0 Å². The topological polar surface area (TPSA) is 58.6 Å². The van der Waals surface area contributed by atoms with Gasteiger partial charge in [0.15, 0.2) is 0 Å². The van der Waals surface area contributed by atoms with Gasteiger partial charge in [0.1, 0.15) is 11.6 Å². The van der Waals surface area contributed by atoms with Gasteiger partial charge in [-0.05, 0) is 18.1 Å². The van der Waals surface area contributed by atoms with Gasteiger partial charge in [-0.15, -0.1) is 0 Å². The zero-order chi connectivity index (χ0) is 18.5. The van der Waals surface area contributed by atoms with E-state index in [1.807, 2.05) is 18.7 Å². The van der Waals surface area contributed by atoms with Crippen LogP contribution in [-0.2, 0) is 4.74 Å². The van der Waals surface area contributed by atoms with Crippen LogP contribution in [-0.4, -0.2) is 53.7 Å². The predicted molar refractivity (Wildman–Crippen MR) is 97.4 cm³/mol. The summed E-state index contributed by atoms with van der Waals surface area (Å²) in [5.74, 6) is 0.675. The van der Waals surface area contributed by atoms with E-state index in [0.717, 1.165) is 0 Å². The fourth-order valence-corrected chi connectivity index (χ4v) is 2.75. The van der Waals surface area contributed by atoms with Gasteiger partial charge in [0.2, 0.25) is 0 Å². The molecule has 1 aromatic heterocycles. The second-order valence-corrected chi connectivity index (χ2v) is 6.69. The van der Waals surface area contributed by atoms with Gasteiger partial charge in [0.25, 0.3) is 0 Å². The number of amides is 1. The Bertz CT molecular complexity index is 761. The minimum Gasteiger partial charge on any atom is -0.449 e. The third-order valence-corrected chi connectivity index (χ3v) is 4.17. The van der Waals surface area contributed by atoms with Crippen LogP contribution in [0.4, 0.5) is 15.0 Å². The van der Waals surface area contributed by atoms with E-state index in [4.69, 9.17) is 4.74 Å². The van der Waals surface area contributed by atoms with Crippen molar-refractivity contribution in [1.29, 1.82) is 0 Å². The van der Waals surface area contributed by atoms with Crippen molar-refractivity contribution in [2.75, 3.05) is 37.7 Å². The van der Waals surface area contributed by atoms with E-state index in [-0.39, 0.29) is 11.9 Å². The Morgan fingerprint density at radius 3 is 2.62 bits per heavy atom. The van der Waals surface area contributed by atoms with Crippen LogP contribution >= 0.6 is 0 Å². The molecule has 1 aliphatic rings. The zero-order valence-corrected chi connectivity index (χ0v) is 15.1. The minimum absolute atomic E-state index is 0.274. The number of piperazine rings is 1. The smallest absolute Gasteiger partial charge is 0.409 e. The number of carbonyl (C=O) groups is 1. The van der Waals surface area contributed by atoms with E-state index in [1.165, 1.54) is 6.07 Å².